The van der Waals surface area contributed by atoms with E-state index in [0.717, 1.165) is 22.6 Å². The van der Waals surface area contributed by atoms with Crippen LogP contribution in [0.2, 0.25) is 0 Å². The molecule has 0 spiro atoms. The summed E-state index contributed by atoms with van der Waals surface area (Å²) in [4.78, 5) is 4.21. The smallest absolute Gasteiger partial charge is 0.232 e. The minimum Gasteiger partial charge on any atom is -0.496 e. The van der Waals surface area contributed by atoms with E-state index in [0.29, 0.717) is 24.1 Å². The number of hydrogen-bond donors (Lipinski definition) is 1. The Balaban J connectivity index is 1.49. The van der Waals surface area contributed by atoms with Gasteiger partial charge in [-0.05, 0) is 29.8 Å². The molecule has 0 atom stereocenters. The first-order valence-corrected chi connectivity index (χ1v) is 8.61. The van der Waals surface area contributed by atoms with Crippen LogP contribution in [0.4, 0.5) is 5.88 Å². The fraction of sp³-hybridized carbons (Fsp3) is 0.143. The molecule has 4 rings (SSSR count). The summed E-state index contributed by atoms with van der Waals surface area (Å²) in [6.07, 6.45) is 3.53. The molecular formula is C21H17N3O4. The number of anilines is 1. The number of oxazole rings is 1. The number of ether oxygens (including phenoxy) is 3. The van der Waals surface area contributed by atoms with E-state index in [-0.39, 0.29) is 12.5 Å². The topological polar surface area (TPSA) is 89.5 Å². The molecule has 1 aliphatic rings. The van der Waals surface area contributed by atoms with E-state index in [1.165, 1.54) is 0 Å². The minimum absolute atomic E-state index is 0.195. The van der Waals surface area contributed by atoms with Gasteiger partial charge in [-0.1, -0.05) is 24.3 Å². The third-order valence-corrected chi connectivity index (χ3v) is 4.18. The van der Waals surface area contributed by atoms with Crippen LogP contribution < -0.4 is 19.5 Å². The fourth-order valence-corrected chi connectivity index (χ4v) is 2.80. The van der Waals surface area contributed by atoms with Gasteiger partial charge < -0.3 is 23.9 Å². The van der Waals surface area contributed by atoms with Crippen LogP contribution in [0, 0.1) is 11.3 Å². The Labute approximate surface area is 161 Å². The Morgan fingerprint density at radius 3 is 2.89 bits per heavy atom. The molecule has 7 nitrogen and oxygen atoms in total. The lowest BCUT2D eigenvalue weighted by atomic mass is 10.2. The lowest BCUT2D eigenvalue weighted by Gasteiger charge is -2.04. The van der Waals surface area contributed by atoms with Gasteiger partial charge in [0.25, 0.3) is 0 Å². The van der Waals surface area contributed by atoms with Gasteiger partial charge in [0.1, 0.15) is 11.8 Å². The Bertz CT molecular complexity index is 1070. The number of nitriles is 1. The van der Waals surface area contributed by atoms with Crippen molar-refractivity contribution in [3.8, 4) is 23.3 Å². The Hall–Kier alpha value is -3.92. The third kappa shape index (κ3) is 3.62. The van der Waals surface area contributed by atoms with Gasteiger partial charge in [0.2, 0.25) is 24.3 Å². The molecule has 0 unspecified atom stereocenters. The third-order valence-electron chi connectivity index (χ3n) is 4.18. The molecule has 0 fully saturated rings. The maximum absolute atomic E-state index is 9.33. The van der Waals surface area contributed by atoms with E-state index in [2.05, 4.69) is 10.3 Å². The van der Waals surface area contributed by atoms with Crippen molar-refractivity contribution in [3.05, 3.63) is 65.2 Å². The predicted molar refractivity (Wildman–Crippen MR) is 103 cm³/mol. The molecule has 0 saturated carbocycles. The number of rotatable bonds is 6. The molecule has 2 aromatic carbocycles. The summed E-state index contributed by atoms with van der Waals surface area (Å²) >= 11 is 0. The molecule has 0 aliphatic carbocycles. The maximum atomic E-state index is 9.33. The zero-order valence-corrected chi connectivity index (χ0v) is 15.1. The summed E-state index contributed by atoms with van der Waals surface area (Å²) < 4.78 is 21.7. The number of fused-ring (bicyclic) bond motifs is 1. The van der Waals surface area contributed by atoms with Crippen LogP contribution in [0.1, 0.15) is 22.7 Å². The molecule has 28 heavy (non-hydrogen) atoms. The van der Waals surface area contributed by atoms with Gasteiger partial charge >= 0.3 is 0 Å². The molecule has 0 saturated heterocycles. The van der Waals surface area contributed by atoms with Crippen molar-refractivity contribution in [1.29, 1.82) is 5.26 Å². The van der Waals surface area contributed by atoms with Crippen LogP contribution in [-0.2, 0) is 6.54 Å². The molecule has 3 aromatic rings. The van der Waals surface area contributed by atoms with Crippen LogP contribution >= 0.6 is 0 Å². The number of para-hydroxylation sites is 1. The highest BCUT2D eigenvalue weighted by Crippen LogP contribution is 2.32. The van der Waals surface area contributed by atoms with Gasteiger partial charge in [0.15, 0.2) is 11.5 Å². The van der Waals surface area contributed by atoms with Crippen molar-refractivity contribution >= 4 is 18.0 Å². The van der Waals surface area contributed by atoms with Gasteiger partial charge in [-0.25, -0.2) is 0 Å². The van der Waals surface area contributed by atoms with E-state index in [9.17, 15) is 5.26 Å². The lowest BCUT2D eigenvalue weighted by molar-refractivity contribution is 0.174. The fourth-order valence-electron chi connectivity index (χ4n) is 2.80. The largest absolute Gasteiger partial charge is 0.496 e. The van der Waals surface area contributed by atoms with Crippen molar-refractivity contribution < 1.29 is 18.6 Å². The average Bonchev–Trinajstić information content (AvgIpc) is 3.36. The first-order chi connectivity index (χ1) is 13.8. The molecule has 1 aromatic heterocycles. The molecule has 0 radical (unpaired) electrons. The quantitative estimate of drug-likeness (QED) is 0.695. The van der Waals surface area contributed by atoms with Crippen molar-refractivity contribution in [3.63, 3.8) is 0 Å². The second kappa shape index (κ2) is 7.76. The Morgan fingerprint density at radius 2 is 2.04 bits per heavy atom. The van der Waals surface area contributed by atoms with Crippen molar-refractivity contribution in [2.45, 2.75) is 6.54 Å². The minimum atomic E-state index is 0.195. The number of hydrogen-bond acceptors (Lipinski definition) is 7. The number of nitrogens with zero attached hydrogens (tertiary/aromatic N) is 2. The zero-order valence-electron chi connectivity index (χ0n) is 15.1. The highest BCUT2D eigenvalue weighted by molar-refractivity contribution is 5.70. The molecule has 0 bridgehead atoms. The van der Waals surface area contributed by atoms with Crippen LogP contribution in [0.25, 0.3) is 12.2 Å². The number of nitrogens with one attached hydrogen (secondary N) is 1. The van der Waals surface area contributed by atoms with Gasteiger partial charge in [0, 0.05) is 18.2 Å². The molecular weight excluding hydrogens is 358 g/mol. The van der Waals surface area contributed by atoms with Crippen LogP contribution in [-0.4, -0.2) is 18.9 Å². The molecule has 2 heterocycles. The van der Waals surface area contributed by atoms with Gasteiger partial charge in [-0.3, -0.25) is 0 Å². The second-order valence-electron chi connectivity index (χ2n) is 5.96. The van der Waals surface area contributed by atoms with Crippen LogP contribution in [0.15, 0.2) is 46.9 Å². The first-order valence-electron chi connectivity index (χ1n) is 8.61. The summed E-state index contributed by atoms with van der Waals surface area (Å²) in [7, 11) is 1.61. The predicted octanol–water partition coefficient (Wildman–Crippen LogP) is 4.07. The highest BCUT2D eigenvalue weighted by atomic mass is 16.7. The molecule has 1 aliphatic heterocycles. The van der Waals surface area contributed by atoms with E-state index in [1.807, 2.05) is 54.6 Å². The summed E-state index contributed by atoms with van der Waals surface area (Å²) in [6, 6.07) is 15.3. The number of methoxy groups -OCH3 is 1. The van der Waals surface area contributed by atoms with Crippen LogP contribution in [0.5, 0.6) is 17.2 Å². The molecule has 0 amide bonds. The lowest BCUT2D eigenvalue weighted by Crippen LogP contribution is -1.99. The zero-order chi connectivity index (χ0) is 19.3. The van der Waals surface area contributed by atoms with Crippen molar-refractivity contribution in [2.24, 2.45) is 0 Å². The summed E-state index contributed by atoms with van der Waals surface area (Å²) in [5, 5.41) is 12.4. The van der Waals surface area contributed by atoms with E-state index in [1.54, 1.807) is 13.2 Å². The molecule has 7 heteroatoms. The standard InChI is InChI=1S/C21H17N3O4/c1-25-17-5-3-2-4-15(17)7-9-20-24-16(11-22)21(28-20)23-12-14-6-8-18-19(10-14)27-13-26-18/h2-10,23H,12-13H2,1H3/b9-7+. The second-order valence-corrected chi connectivity index (χ2v) is 5.96. The molecule has 1 N–H and O–H groups in total. The normalized spacial score (nSPS) is 12.1. The Morgan fingerprint density at radius 1 is 1.18 bits per heavy atom. The van der Waals surface area contributed by atoms with Crippen LogP contribution in [0.3, 0.4) is 0 Å². The Kier molecular flexibility index (Phi) is 4.85. The number of aromatic nitrogens is 1. The summed E-state index contributed by atoms with van der Waals surface area (Å²) in [5.41, 5.74) is 2.05. The monoisotopic (exact) mass is 375 g/mol. The van der Waals surface area contributed by atoms with Crippen molar-refractivity contribution in [2.75, 3.05) is 19.2 Å². The van der Waals surface area contributed by atoms with E-state index < -0.39 is 0 Å². The van der Waals surface area contributed by atoms with Gasteiger partial charge in [-0.2, -0.15) is 10.2 Å². The van der Waals surface area contributed by atoms with Gasteiger partial charge in [-0.15, -0.1) is 0 Å². The van der Waals surface area contributed by atoms with Gasteiger partial charge in [0.05, 0.1) is 7.11 Å². The summed E-state index contributed by atoms with van der Waals surface area (Å²) in [6.45, 7) is 0.685. The number of benzene rings is 2. The SMILES string of the molecule is COc1ccccc1/C=C/c1nc(C#N)c(NCc2ccc3c(c2)OCO3)o1. The highest BCUT2D eigenvalue weighted by Gasteiger charge is 2.15. The molecule has 140 valence electrons. The average molecular weight is 375 g/mol. The van der Waals surface area contributed by atoms with Crippen molar-refractivity contribution in [1.82, 2.24) is 4.98 Å². The van der Waals surface area contributed by atoms with E-state index >= 15 is 0 Å². The van der Waals surface area contributed by atoms with E-state index in [4.69, 9.17) is 18.6 Å². The maximum Gasteiger partial charge on any atom is 0.232 e. The first kappa shape index (κ1) is 17.5. The summed E-state index contributed by atoms with van der Waals surface area (Å²) in [5.74, 6) is 2.82.